The number of amides is 4. The van der Waals surface area contributed by atoms with Crippen molar-refractivity contribution < 1.29 is 14.4 Å². The largest absolute Gasteiger partial charge is 0.351 e. The molecule has 0 aliphatic carbocycles. The van der Waals surface area contributed by atoms with Crippen LogP contribution in [0.5, 0.6) is 0 Å². The Balaban J connectivity index is 2.88. The van der Waals surface area contributed by atoms with Gasteiger partial charge in [0.05, 0.1) is 12.2 Å². The molecule has 3 N–H and O–H groups in total. The number of nitrogens with two attached hydrogens (primary N) is 1. The number of primary amides is 1. The number of anilines is 1. The summed E-state index contributed by atoms with van der Waals surface area (Å²) in [6.07, 6.45) is 1.48. The summed E-state index contributed by atoms with van der Waals surface area (Å²) in [4.78, 5) is 33.3. The third-order valence-electron chi connectivity index (χ3n) is 1.75. The van der Waals surface area contributed by atoms with Crippen molar-refractivity contribution in [1.29, 1.82) is 0 Å². The molecule has 0 bridgehead atoms. The van der Waals surface area contributed by atoms with Gasteiger partial charge in [-0.25, -0.2) is 14.5 Å². The molecule has 1 aromatic carbocycles. The maximum Gasteiger partial charge on any atom is 0.330 e. The van der Waals surface area contributed by atoms with Gasteiger partial charge < -0.3 is 11.1 Å². The van der Waals surface area contributed by atoms with Crippen LogP contribution >= 0.6 is 0 Å². The van der Waals surface area contributed by atoms with Gasteiger partial charge >= 0.3 is 12.1 Å². The van der Waals surface area contributed by atoms with E-state index in [4.69, 9.17) is 5.73 Å². The van der Waals surface area contributed by atoms with Crippen LogP contribution in [0.4, 0.5) is 15.3 Å². The fourth-order valence-electron chi connectivity index (χ4n) is 1.11. The third kappa shape index (κ3) is 2.81. The summed E-state index contributed by atoms with van der Waals surface area (Å²) in [5, 5.41) is 2.17. The SMILES string of the molecule is NC(=O)N(C(=O)NC[C]=O)c1ccccc1. The lowest BCUT2D eigenvalue weighted by molar-refractivity contribution is 0.239. The summed E-state index contributed by atoms with van der Waals surface area (Å²) in [7, 11) is 0. The lowest BCUT2D eigenvalue weighted by Crippen LogP contribution is -2.47. The van der Waals surface area contributed by atoms with Gasteiger partial charge in [-0.05, 0) is 12.1 Å². The minimum absolute atomic E-state index is 0.296. The molecule has 0 aliphatic rings. The molecule has 0 atom stereocenters. The Morgan fingerprint density at radius 2 is 1.94 bits per heavy atom. The Kier molecular flexibility index (Phi) is 4.02. The average Bonchev–Trinajstić information content (AvgIpc) is 2.27. The molecule has 0 aliphatic heterocycles. The molecule has 1 aromatic rings. The highest BCUT2D eigenvalue weighted by molar-refractivity contribution is 6.13. The van der Waals surface area contributed by atoms with E-state index in [0.717, 1.165) is 4.90 Å². The number of carbonyl (C=O) groups excluding carboxylic acids is 3. The molecule has 4 amide bonds. The van der Waals surface area contributed by atoms with Crippen LogP contribution < -0.4 is 16.0 Å². The number of para-hydroxylation sites is 1. The first kappa shape index (κ1) is 11.7. The molecular formula is C10H10N3O3. The molecule has 0 aromatic heterocycles. The molecule has 0 saturated heterocycles. The fraction of sp³-hybridized carbons (Fsp3) is 0.100. The quantitative estimate of drug-likeness (QED) is 0.771. The van der Waals surface area contributed by atoms with Gasteiger partial charge in [0.25, 0.3) is 0 Å². The molecule has 0 saturated carbocycles. The predicted molar refractivity (Wildman–Crippen MR) is 57.6 cm³/mol. The average molecular weight is 220 g/mol. The van der Waals surface area contributed by atoms with E-state index >= 15 is 0 Å². The molecule has 0 spiro atoms. The molecule has 1 radical (unpaired) electrons. The van der Waals surface area contributed by atoms with Crippen LogP contribution in [0.1, 0.15) is 0 Å². The maximum absolute atomic E-state index is 11.5. The Morgan fingerprint density at radius 3 is 2.44 bits per heavy atom. The lowest BCUT2D eigenvalue weighted by Gasteiger charge is -2.17. The lowest BCUT2D eigenvalue weighted by atomic mass is 10.3. The van der Waals surface area contributed by atoms with Gasteiger partial charge in [0.1, 0.15) is 0 Å². The van der Waals surface area contributed by atoms with Crippen LogP contribution in [-0.2, 0) is 4.79 Å². The second kappa shape index (κ2) is 5.50. The third-order valence-corrected chi connectivity index (χ3v) is 1.75. The van der Waals surface area contributed by atoms with Crippen LogP contribution in [0.3, 0.4) is 0 Å². The zero-order chi connectivity index (χ0) is 12.0. The van der Waals surface area contributed by atoms with Gasteiger partial charge in [0, 0.05) is 0 Å². The minimum atomic E-state index is -0.922. The van der Waals surface area contributed by atoms with E-state index in [1.807, 2.05) is 0 Å². The summed E-state index contributed by atoms with van der Waals surface area (Å²) >= 11 is 0. The van der Waals surface area contributed by atoms with Crippen molar-refractivity contribution in [2.24, 2.45) is 5.73 Å². The van der Waals surface area contributed by atoms with Crippen molar-refractivity contribution in [2.45, 2.75) is 0 Å². The second-order valence-corrected chi connectivity index (χ2v) is 2.81. The molecule has 83 valence electrons. The predicted octanol–water partition coefficient (Wildman–Crippen LogP) is 0.391. The van der Waals surface area contributed by atoms with Gasteiger partial charge in [-0.1, -0.05) is 18.2 Å². The van der Waals surface area contributed by atoms with E-state index in [0.29, 0.717) is 5.69 Å². The number of rotatable bonds is 3. The maximum atomic E-state index is 11.5. The van der Waals surface area contributed by atoms with Crippen LogP contribution in [0, 0.1) is 0 Å². The summed E-state index contributed by atoms with van der Waals surface area (Å²) in [5.74, 6) is 0. The van der Waals surface area contributed by atoms with Crippen LogP contribution in [0.25, 0.3) is 0 Å². The molecule has 0 heterocycles. The van der Waals surface area contributed by atoms with E-state index in [2.05, 4.69) is 5.32 Å². The van der Waals surface area contributed by atoms with Gasteiger partial charge in [-0.3, -0.25) is 4.79 Å². The number of urea groups is 2. The summed E-state index contributed by atoms with van der Waals surface area (Å²) in [6.45, 7) is -0.296. The molecule has 0 fully saturated rings. The molecule has 1 rings (SSSR count). The Hall–Kier alpha value is -2.37. The van der Waals surface area contributed by atoms with Crippen molar-refractivity contribution in [3.8, 4) is 0 Å². The number of imide groups is 1. The van der Waals surface area contributed by atoms with Crippen molar-refractivity contribution in [1.82, 2.24) is 5.32 Å². The molecule has 6 nitrogen and oxygen atoms in total. The molecule has 6 heteroatoms. The molecule has 0 unspecified atom stereocenters. The van der Waals surface area contributed by atoms with Crippen molar-refractivity contribution in [3.05, 3.63) is 30.3 Å². The highest BCUT2D eigenvalue weighted by Crippen LogP contribution is 2.12. The topological polar surface area (TPSA) is 92.5 Å². The van der Waals surface area contributed by atoms with Crippen molar-refractivity contribution in [3.63, 3.8) is 0 Å². The smallest absolute Gasteiger partial charge is 0.330 e. The first-order chi connectivity index (χ1) is 7.66. The highest BCUT2D eigenvalue weighted by atomic mass is 16.2. The van der Waals surface area contributed by atoms with E-state index in [1.54, 1.807) is 30.3 Å². The Bertz CT molecular complexity index is 392. The van der Waals surface area contributed by atoms with Gasteiger partial charge in [-0.2, -0.15) is 0 Å². The number of benzene rings is 1. The monoisotopic (exact) mass is 220 g/mol. The number of carbonyl (C=O) groups is 2. The summed E-state index contributed by atoms with van der Waals surface area (Å²) in [5.41, 5.74) is 5.40. The van der Waals surface area contributed by atoms with E-state index < -0.39 is 12.1 Å². The normalized spacial score (nSPS) is 9.25. The van der Waals surface area contributed by atoms with Gasteiger partial charge in [-0.15, -0.1) is 0 Å². The first-order valence-electron chi connectivity index (χ1n) is 4.44. The zero-order valence-corrected chi connectivity index (χ0v) is 8.34. The Labute approximate surface area is 92.0 Å². The van der Waals surface area contributed by atoms with E-state index in [-0.39, 0.29) is 6.54 Å². The van der Waals surface area contributed by atoms with Crippen molar-refractivity contribution >= 4 is 24.0 Å². The minimum Gasteiger partial charge on any atom is -0.351 e. The zero-order valence-electron chi connectivity index (χ0n) is 8.34. The van der Waals surface area contributed by atoms with Crippen molar-refractivity contribution in [2.75, 3.05) is 11.4 Å². The fourth-order valence-corrected chi connectivity index (χ4v) is 1.11. The van der Waals surface area contributed by atoms with Crippen LogP contribution in [0.2, 0.25) is 0 Å². The van der Waals surface area contributed by atoms with Crippen LogP contribution in [-0.4, -0.2) is 24.9 Å². The summed E-state index contributed by atoms with van der Waals surface area (Å²) in [6, 6.07) is 6.47. The number of nitrogens with one attached hydrogen (secondary N) is 1. The van der Waals surface area contributed by atoms with E-state index in [9.17, 15) is 14.4 Å². The van der Waals surface area contributed by atoms with Gasteiger partial charge in [0.2, 0.25) is 6.29 Å². The standard InChI is InChI=1S/C10H10N3O3/c11-9(15)13(10(16)12-6-7-14)8-4-2-1-3-5-8/h1-5H,6H2,(H2,11,15)(H,12,16). The van der Waals surface area contributed by atoms with E-state index in [1.165, 1.54) is 6.29 Å². The number of hydrogen-bond donors (Lipinski definition) is 2. The molecular weight excluding hydrogens is 210 g/mol. The highest BCUT2D eigenvalue weighted by Gasteiger charge is 2.20. The van der Waals surface area contributed by atoms with Gasteiger partial charge in [0.15, 0.2) is 0 Å². The summed E-state index contributed by atoms with van der Waals surface area (Å²) < 4.78 is 0. The van der Waals surface area contributed by atoms with Crippen LogP contribution in [0.15, 0.2) is 30.3 Å². The second-order valence-electron chi connectivity index (χ2n) is 2.81. The number of hydrogen-bond acceptors (Lipinski definition) is 3. The first-order valence-corrected chi connectivity index (χ1v) is 4.44. The number of nitrogens with zero attached hydrogens (tertiary/aromatic N) is 1. The Morgan fingerprint density at radius 1 is 1.31 bits per heavy atom. The molecule has 16 heavy (non-hydrogen) atoms.